The van der Waals surface area contributed by atoms with Crippen LogP contribution in [0.3, 0.4) is 0 Å². The molecule has 116 valence electrons. The maximum atomic E-state index is 9.86. The van der Waals surface area contributed by atoms with Gasteiger partial charge in [-0.15, -0.1) is 0 Å². The summed E-state index contributed by atoms with van der Waals surface area (Å²) in [6.45, 7) is 9.02. The summed E-state index contributed by atoms with van der Waals surface area (Å²) < 4.78 is 5.46. The lowest BCUT2D eigenvalue weighted by molar-refractivity contribution is -0.00624. The van der Waals surface area contributed by atoms with Crippen molar-refractivity contribution in [3.8, 4) is 5.75 Å². The summed E-state index contributed by atoms with van der Waals surface area (Å²) in [6, 6.07) is 6.52. The fraction of sp³-hybridized carbons (Fsp3) is 0.667. The third-order valence-electron chi connectivity index (χ3n) is 6.00. The topological polar surface area (TPSA) is 32.7 Å². The Morgan fingerprint density at radius 2 is 2.24 bits per heavy atom. The number of rotatable bonds is 3. The van der Waals surface area contributed by atoms with E-state index in [1.807, 2.05) is 12.1 Å². The van der Waals surface area contributed by atoms with Crippen molar-refractivity contribution in [1.29, 1.82) is 0 Å². The van der Waals surface area contributed by atoms with E-state index in [4.69, 9.17) is 4.74 Å². The molecule has 1 fully saturated rings. The molecule has 1 aromatic rings. The van der Waals surface area contributed by atoms with Crippen LogP contribution in [-0.2, 0) is 16.6 Å². The van der Waals surface area contributed by atoms with Crippen molar-refractivity contribution in [1.82, 2.24) is 4.90 Å². The number of piperidine rings is 1. The molecule has 1 aromatic carbocycles. The maximum Gasteiger partial charge on any atom is 0.115 e. The lowest BCUT2D eigenvalue weighted by Gasteiger charge is -2.55. The number of benzene rings is 1. The van der Waals surface area contributed by atoms with Gasteiger partial charge in [-0.3, -0.25) is 4.90 Å². The van der Waals surface area contributed by atoms with Gasteiger partial charge in [0.15, 0.2) is 0 Å². The molecule has 1 aliphatic heterocycles. The van der Waals surface area contributed by atoms with E-state index in [1.54, 1.807) is 7.11 Å². The predicted octanol–water partition coefficient (Wildman–Crippen LogP) is 2.95. The minimum absolute atomic E-state index is 0.184. The molecular weight excluding hydrogens is 262 g/mol. The quantitative estimate of drug-likeness (QED) is 0.928. The molecule has 0 saturated carbocycles. The highest BCUT2D eigenvalue weighted by Crippen LogP contribution is 2.49. The van der Waals surface area contributed by atoms with Gasteiger partial charge in [-0.05, 0) is 60.9 Å². The van der Waals surface area contributed by atoms with E-state index in [9.17, 15) is 5.11 Å². The van der Waals surface area contributed by atoms with Crippen molar-refractivity contribution in [2.24, 2.45) is 5.92 Å². The lowest BCUT2D eigenvalue weighted by atomic mass is 9.59. The van der Waals surface area contributed by atoms with Crippen LogP contribution in [-0.4, -0.2) is 42.4 Å². The highest BCUT2D eigenvalue weighted by atomic mass is 16.5. The standard InChI is InChI=1S/C18H27NO2/c1-12(21-4)11-19-8-7-18(3)13(2)17(19)9-14-5-6-15(20)10-16(14)18/h5-6,10,12-13,17,20H,7-9,11H2,1-4H3/t12-,13-,17-,18+/m0/s1. The number of likely N-dealkylation sites (tertiary alicyclic amines) is 1. The van der Waals surface area contributed by atoms with Crippen LogP contribution >= 0.6 is 0 Å². The number of phenols is 1. The van der Waals surface area contributed by atoms with Crippen molar-refractivity contribution in [3.63, 3.8) is 0 Å². The van der Waals surface area contributed by atoms with Gasteiger partial charge in [0.2, 0.25) is 0 Å². The Balaban J connectivity index is 1.94. The van der Waals surface area contributed by atoms with Gasteiger partial charge >= 0.3 is 0 Å². The minimum Gasteiger partial charge on any atom is -0.508 e. The van der Waals surface area contributed by atoms with Crippen molar-refractivity contribution < 1.29 is 9.84 Å². The first-order chi connectivity index (χ1) is 9.95. The molecule has 0 aromatic heterocycles. The molecule has 3 heteroatoms. The zero-order valence-corrected chi connectivity index (χ0v) is 13.6. The normalized spacial score (nSPS) is 33.5. The molecule has 4 atom stereocenters. The van der Waals surface area contributed by atoms with Gasteiger partial charge in [0.1, 0.15) is 5.75 Å². The monoisotopic (exact) mass is 289 g/mol. The van der Waals surface area contributed by atoms with E-state index in [1.165, 1.54) is 11.1 Å². The second-order valence-electron chi connectivity index (χ2n) is 7.11. The van der Waals surface area contributed by atoms with Crippen molar-refractivity contribution in [3.05, 3.63) is 29.3 Å². The molecule has 2 bridgehead atoms. The average Bonchev–Trinajstić information content (AvgIpc) is 2.46. The van der Waals surface area contributed by atoms with E-state index in [0.29, 0.717) is 17.7 Å². The first-order valence-electron chi connectivity index (χ1n) is 8.05. The Hall–Kier alpha value is -1.06. The smallest absolute Gasteiger partial charge is 0.115 e. The van der Waals surface area contributed by atoms with Gasteiger partial charge in [0.05, 0.1) is 6.10 Å². The summed E-state index contributed by atoms with van der Waals surface area (Å²) in [5, 5.41) is 9.86. The van der Waals surface area contributed by atoms with E-state index in [-0.39, 0.29) is 11.5 Å². The average molecular weight is 289 g/mol. The Labute approximate surface area is 127 Å². The summed E-state index contributed by atoms with van der Waals surface area (Å²) in [7, 11) is 1.79. The molecule has 1 saturated heterocycles. The Morgan fingerprint density at radius 1 is 1.48 bits per heavy atom. The Kier molecular flexibility index (Phi) is 3.74. The third kappa shape index (κ3) is 2.36. The van der Waals surface area contributed by atoms with Gasteiger partial charge in [-0.25, -0.2) is 0 Å². The molecule has 0 amide bonds. The number of methoxy groups -OCH3 is 1. The van der Waals surface area contributed by atoms with Gasteiger partial charge in [0.25, 0.3) is 0 Å². The Morgan fingerprint density at radius 3 is 2.95 bits per heavy atom. The summed E-state index contributed by atoms with van der Waals surface area (Å²) >= 11 is 0. The number of nitrogens with zero attached hydrogens (tertiary/aromatic N) is 1. The van der Waals surface area contributed by atoms with E-state index < -0.39 is 0 Å². The largest absolute Gasteiger partial charge is 0.508 e. The van der Waals surface area contributed by atoms with Gasteiger partial charge < -0.3 is 9.84 Å². The highest BCUT2D eigenvalue weighted by molar-refractivity contribution is 5.44. The molecule has 1 heterocycles. The SMILES string of the molecule is CO[C@@H](C)CN1CC[C@@]2(C)c3cc(O)ccc3C[C@H]1[C@@H]2C. The van der Waals surface area contributed by atoms with Crippen LogP contribution in [0.15, 0.2) is 18.2 Å². The second kappa shape index (κ2) is 5.29. The van der Waals surface area contributed by atoms with E-state index >= 15 is 0 Å². The zero-order chi connectivity index (χ0) is 15.2. The first-order valence-corrected chi connectivity index (χ1v) is 8.05. The second-order valence-corrected chi connectivity index (χ2v) is 7.11. The van der Waals surface area contributed by atoms with E-state index in [0.717, 1.165) is 25.9 Å². The fourth-order valence-corrected chi connectivity index (χ4v) is 4.33. The summed E-state index contributed by atoms with van der Waals surface area (Å²) in [5.41, 5.74) is 2.96. The lowest BCUT2D eigenvalue weighted by Crippen LogP contribution is -2.59. The number of hydrogen-bond acceptors (Lipinski definition) is 3. The molecule has 21 heavy (non-hydrogen) atoms. The van der Waals surface area contributed by atoms with Crippen LogP contribution in [0.1, 0.15) is 38.3 Å². The maximum absolute atomic E-state index is 9.86. The van der Waals surface area contributed by atoms with Crippen LogP contribution in [0.25, 0.3) is 0 Å². The Bertz CT molecular complexity index is 530. The van der Waals surface area contributed by atoms with Crippen molar-refractivity contribution >= 4 is 0 Å². The fourth-order valence-electron chi connectivity index (χ4n) is 4.33. The minimum atomic E-state index is 0.184. The number of phenolic OH excluding ortho intramolecular Hbond substituents is 1. The molecule has 0 spiro atoms. The molecule has 1 N–H and O–H groups in total. The third-order valence-corrected chi connectivity index (χ3v) is 6.00. The van der Waals surface area contributed by atoms with Crippen LogP contribution in [0.2, 0.25) is 0 Å². The number of fused-ring (bicyclic) bond motifs is 4. The number of ether oxygens (including phenoxy) is 1. The molecule has 0 unspecified atom stereocenters. The number of hydrogen-bond donors (Lipinski definition) is 1. The number of aromatic hydroxyl groups is 1. The van der Waals surface area contributed by atoms with Crippen LogP contribution in [0.5, 0.6) is 5.75 Å². The van der Waals surface area contributed by atoms with Gasteiger partial charge in [-0.2, -0.15) is 0 Å². The highest BCUT2D eigenvalue weighted by Gasteiger charge is 2.48. The molecule has 1 aliphatic carbocycles. The predicted molar refractivity (Wildman–Crippen MR) is 84.8 cm³/mol. The first kappa shape index (κ1) is 14.9. The molecule has 0 radical (unpaired) electrons. The van der Waals surface area contributed by atoms with Crippen LogP contribution in [0, 0.1) is 5.92 Å². The van der Waals surface area contributed by atoms with Crippen molar-refractivity contribution in [2.75, 3.05) is 20.2 Å². The van der Waals surface area contributed by atoms with Gasteiger partial charge in [-0.1, -0.05) is 19.9 Å². The molecule has 3 nitrogen and oxygen atoms in total. The van der Waals surface area contributed by atoms with Crippen LogP contribution in [0.4, 0.5) is 0 Å². The summed E-state index contributed by atoms with van der Waals surface area (Å²) in [4.78, 5) is 2.61. The molecule has 2 aliphatic rings. The van der Waals surface area contributed by atoms with Crippen molar-refractivity contribution in [2.45, 2.75) is 51.2 Å². The van der Waals surface area contributed by atoms with Gasteiger partial charge in [0, 0.05) is 19.7 Å². The molecule has 3 rings (SSSR count). The summed E-state index contributed by atoms with van der Waals surface area (Å²) in [5.74, 6) is 1.00. The molecular formula is C18H27NO2. The zero-order valence-electron chi connectivity index (χ0n) is 13.6. The van der Waals surface area contributed by atoms with Crippen LogP contribution < -0.4 is 0 Å². The van der Waals surface area contributed by atoms with E-state index in [2.05, 4.69) is 31.7 Å². The summed E-state index contributed by atoms with van der Waals surface area (Å²) in [6.07, 6.45) is 2.52.